The monoisotopic (exact) mass is 216 g/mol. The summed E-state index contributed by atoms with van der Waals surface area (Å²) in [5.74, 6) is -0.133. The van der Waals surface area contributed by atoms with Crippen molar-refractivity contribution in [2.75, 3.05) is 0 Å². The first kappa shape index (κ1) is 11.1. The molecule has 1 aliphatic rings. The van der Waals surface area contributed by atoms with E-state index in [-0.39, 0.29) is 5.78 Å². The van der Waals surface area contributed by atoms with E-state index in [1.807, 2.05) is 24.3 Å². The van der Waals surface area contributed by atoms with Gasteiger partial charge in [-0.05, 0) is 36.8 Å². The molecule has 16 heavy (non-hydrogen) atoms. The first-order valence-corrected chi connectivity index (χ1v) is 5.75. The van der Waals surface area contributed by atoms with Crippen LogP contribution in [-0.2, 0) is 4.79 Å². The van der Waals surface area contributed by atoms with Gasteiger partial charge in [0.1, 0.15) is 6.10 Å². The summed E-state index contributed by atoms with van der Waals surface area (Å²) in [4.78, 5) is 12.0. The Kier molecular flexibility index (Phi) is 3.52. The van der Waals surface area contributed by atoms with Gasteiger partial charge in [-0.3, -0.25) is 4.79 Å². The van der Waals surface area contributed by atoms with E-state index in [4.69, 9.17) is 0 Å². The van der Waals surface area contributed by atoms with Crippen molar-refractivity contribution in [3.05, 3.63) is 47.5 Å². The van der Waals surface area contributed by atoms with Crippen molar-refractivity contribution in [3.8, 4) is 0 Å². The lowest BCUT2D eigenvalue weighted by Crippen LogP contribution is -2.15. The normalized spacial score (nSPS) is 17.7. The van der Waals surface area contributed by atoms with Crippen molar-refractivity contribution in [2.45, 2.75) is 31.8 Å². The number of Topliss-reactive ketones (excluding diaryl/α,β-unsaturated/α-hetero) is 1. The molecule has 0 aliphatic heterocycles. The van der Waals surface area contributed by atoms with Gasteiger partial charge in [0.15, 0.2) is 5.78 Å². The Morgan fingerprint density at radius 2 is 1.94 bits per heavy atom. The highest BCUT2D eigenvalue weighted by Crippen LogP contribution is 2.24. The molecule has 0 bridgehead atoms. The van der Waals surface area contributed by atoms with Crippen molar-refractivity contribution < 1.29 is 9.90 Å². The van der Waals surface area contributed by atoms with Gasteiger partial charge in [-0.2, -0.15) is 0 Å². The summed E-state index contributed by atoms with van der Waals surface area (Å²) < 4.78 is 0. The maximum atomic E-state index is 12.0. The summed E-state index contributed by atoms with van der Waals surface area (Å²) in [6.45, 7) is 0. The minimum atomic E-state index is -0.995. The molecule has 0 spiro atoms. The molecule has 1 aromatic carbocycles. The van der Waals surface area contributed by atoms with E-state index in [1.54, 1.807) is 12.1 Å². The average Bonchev–Trinajstić information content (AvgIpc) is 2.39. The quantitative estimate of drug-likeness (QED) is 0.843. The molecule has 0 heterocycles. The van der Waals surface area contributed by atoms with Crippen LogP contribution in [0.1, 0.15) is 37.4 Å². The fraction of sp³-hybridized carbons (Fsp3) is 0.357. The molecule has 0 saturated heterocycles. The van der Waals surface area contributed by atoms with E-state index in [0.29, 0.717) is 5.56 Å². The predicted molar refractivity (Wildman–Crippen MR) is 63.0 cm³/mol. The summed E-state index contributed by atoms with van der Waals surface area (Å²) in [6, 6.07) is 9.11. The van der Waals surface area contributed by atoms with Gasteiger partial charge in [-0.15, -0.1) is 0 Å². The smallest absolute Gasteiger partial charge is 0.191 e. The molecule has 0 amide bonds. The maximum absolute atomic E-state index is 12.0. The lowest BCUT2D eigenvalue weighted by Gasteiger charge is -2.15. The number of hydrogen-bond donors (Lipinski definition) is 1. The highest BCUT2D eigenvalue weighted by Gasteiger charge is 2.21. The molecule has 2 rings (SSSR count). The largest absolute Gasteiger partial charge is 0.380 e. The minimum Gasteiger partial charge on any atom is -0.380 e. The summed E-state index contributed by atoms with van der Waals surface area (Å²) in [7, 11) is 0. The molecule has 84 valence electrons. The lowest BCUT2D eigenvalue weighted by atomic mass is 9.92. The van der Waals surface area contributed by atoms with Crippen LogP contribution in [0, 0.1) is 0 Å². The molecular weight excluding hydrogens is 200 g/mol. The molecule has 2 nitrogen and oxygen atoms in total. The first-order valence-electron chi connectivity index (χ1n) is 5.75. The van der Waals surface area contributed by atoms with Gasteiger partial charge in [0, 0.05) is 0 Å². The summed E-state index contributed by atoms with van der Waals surface area (Å²) in [5, 5.41) is 9.95. The van der Waals surface area contributed by atoms with Gasteiger partial charge >= 0.3 is 0 Å². The van der Waals surface area contributed by atoms with E-state index in [2.05, 4.69) is 0 Å². The second kappa shape index (κ2) is 5.08. The Morgan fingerprint density at radius 1 is 1.19 bits per heavy atom. The van der Waals surface area contributed by atoms with Crippen molar-refractivity contribution in [2.24, 2.45) is 0 Å². The van der Waals surface area contributed by atoms with Gasteiger partial charge in [0.25, 0.3) is 0 Å². The number of allylic oxidation sites excluding steroid dienone is 1. The zero-order chi connectivity index (χ0) is 11.4. The summed E-state index contributed by atoms with van der Waals surface area (Å²) in [5.41, 5.74) is 1.47. The Morgan fingerprint density at radius 3 is 2.56 bits per heavy atom. The topological polar surface area (TPSA) is 37.3 Å². The highest BCUT2D eigenvalue weighted by atomic mass is 16.3. The van der Waals surface area contributed by atoms with Crippen LogP contribution in [0.15, 0.2) is 42.0 Å². The average molecular weight is 216 g/mol. The van der Waals surface area contributed by atoms with E-state index < -0.39 is 6.10 Å². The van der Waals surface area contributed by atoms with Gasteiger partial charge in [0.05, 0.1) is 0 Å². The van der Waals surface area contributed by atoms with Crippen LogP contribution in [0.25, 0.3) is 0 Å². The number of rotatable bonds is 3. The van der Waals surface area contributed by atoms with E-state index in [0.717, 1.165) is 31.3 Å². The molecule has 0 radical (unpaired) electrons. The van der Waals surface area contributed by atoms with Gasteiger partial charge in [-0.1, -0.05) is 36.4 Å². The zero-order valence-electron chi connectivity index (χ0n) is 9.23. The van der Waals surface area contributed by atoms with E-state index in [1.165, 1.54) is 0 Å². The zero-order valence-corrected chi connectivity index (χ0v) is 9.23. The Labute approximate surface area is 95.6 Å². The highest BCUT2D eigenvalue weighted by molar-refractivity contribution is 5.99. The molecule has 0 saturated carbocycles. The minimum absolute atomic E-state index is 0.133. The standard InChI is InChI=1S/C14H16O2/c15-13(11-7-3-1-4-8-11)14(16)12-9-5-2-6-10-12/h1,3-4,7-9,13,15H,2,5-6,10H2. The van der Waals surface area contributed by atoms with E-state index >= 15 is 0 Å². The van der Waals surface area contributed by atoms with Crippen molar-refractivity contribution in [3.63, 3.8) is 0 Å². The Balaban J connectivity index is 2.13. The van der Waals surface area contributed by atoms with Crippen molar-refractivity contribution in [1.82, 2.24) is 0 Å². The molecule has 0 fully saturated rings. The summed E-state index contributed by atoms with van der Waals surface area (Å²) in [6.07, 6.45) is 4.95. The molecule has 1 aromatic rings. The van der Waals surface area contributed by atoms with Crippen molar-refractivity contribution in [1.29, 1.82) is 0 Å². The summed E-state index contributed by atoms with van der Waals surface area (Å²) >= 11 is 0. The fourth-order valence-corrected chi connectivity index (χ4v) is 2.02. The second-order valence-corrected chi connectivity index (χ2v) is 4.15. The number of carbonyl (C=O) groups excluding carboxylic acids is 1. The van der Waals surface area contributed by atoms with Crippen LogP contribution in [0.2, 0.25) is 0 Å². The molecule has 0 aromatic heterocycles. The van der Waals surface area contributed by atoms with Crippen LogP contribution in [0.4, 0.5) is 0 Å². The number of benzene rings is 1. The Bertz CT molecular complexity index is 392. The predicted octanol–water partition coefficient (Wildman–Crippen LogP) is 2.79. The molecular formula is C14H16O2. The van der Waals surface area contributed by atoms with Crippen LogP contribution in [0.3, 0.4) is 0 Å². The van der Waals surface area contributed by atoms with Crippen LogP contribution in [-0.4, -0.2) is 10.9 Å². The van der Waals surface area contributed by atoms with E-state index in [9.17, 15) is 9.90 Å². The third kappa shape index (κ3) is 2.39. The molecule has 1 atom stereocenters. The molecule has 1 N–H and O–H groups in total. The number of aliphatic hydroxyl groups is 1. The van der Waals surface area contributed by atoms with Gasteiger partial charge in [-0.25, -0.2) is 0 Å². The molecule has 1 aliphatic carbocycles. The van der Waals surface area contributed by atoms with Gasteiger partial charge < -0.3 is 5.11 Å². The fourth-order valence-electron chi connectivity index (χ4n) is 2.02. The number of carbonyl (C=O) groups is 1. The number of aliphatic hydroxyl groups excluding tert-OH is 1. The molecule has 1 unspecified atom stereocenters. The van der Waals surface area contributed by atoms with Crippen LogP contribution < -0.4 is 0 Å². The Hall–Kier alpha value is -1.41. The molecule has 2 heteroatoms. The lowest BCUT2D eigenvalue weighted by molar-refractivity contribution is -0.123. The third-order valence-corrected chi connectivity index (χ3v) is 2.97. The van der Waals surface area contributed by atoms with Crippen LogP contribution in [0.5, 0.6) is 0 Å². The number of ketones is 1. The first-order chi connectivity index (χ1) is 7.79. The SMILES string of the molecule is O=C(C1=CCCCC1)C(O)c1ccccc1. The van der Waals surface area contributed by atoms with Crippen molar-refractivity contribution >= 4 is 5.78 Å². The maximum Gasteiger partial charge on any atom is 0.191 e. The third-order valence-electron chi connectivity index (χ3n) is 2.97. The second-order valence-electron chi connectivity index (χ2n) is 4.15. The number of hydrogen-bond acceptors (Lipinski definition) is 2. The van der Waals surface area contributed by atoms with Gasteiger partial charge in [0.2, 0.25) is 0 Å². The van der Waals surface area contributed by atoms with Crippen LogP contribution >= 0.6 is 0 Å².